The Balaban J connectivity index is 0.000000305. The van der Waals surface area contributed by atoms with Crippen molar-refractivity contribution in [3.8, 4) is 5.75 Å². The molecule has 27 heavy (non-hydrogen) atoms. The molecule has 0 radical (unpaired) electrons. The normalized spacial score (nSPS) is 9.15. The second kappa shape index (κ2) is 13.6. The van der Waals surface area contributed by atoms with Crippen molar-refractivity contribution in [1.82, 2.24) is 0 Å². The van der Waals surface area contributed by atoms with E-state index in [1.54, 1.807) is 24.3 Å². The number of carbonyl (C=O) groups is 1. The molecule has 3 rings (SSSR count). The zero-order valence-electron chi connectivity index (χ0n) is 15.4. The summed E-state index contributed by atoms with van der Waals surface area (Å²) in [7, 11) is 0. The molecule has 0 unspecified atom stereocenters. The van der Waals surface area contributed by atoms with Crippen LogP contribution < -0.4 is 4.74 Å². The van der Waals surface area contributed by atoms with Crippen LogP contribution in [0.3, 0.4) is 0 Å². The monoisotopic (exact) mass is 405 g/mol. The molecule has 0 amide bonds. The number of hydrogen-bond donors (Lipinski definition) is 0. The number of aryl methyl sites for hydroxylation is 2. The first-order valence-corrected chi connectivity index (χ1v) is 9.01. The van der Waals surface area contributed by atoms with E-state index < -0.39 is 0 Å². The second-order valence-corrected chi connectivity index (χ2v) is 5.44. The summed E-state index contributed by atoms with van der Waals surface area (Å²) in [5.74, 6) is 0.225. The van der Waals surface area contributed by atoms with E-state index in [0.29, 0.717) is 11.3 Å². The summed E-state index contributed by atoms with van der Waals surface area (Å²) in [5, 5.41) is 0. The van der Waals surface area contributed by atoms with Crippen LogP contribution >= 0.6 is 0 Å². The van der Waals surface area contributed by atoms with E-state index in [9.17, 15) is 4.79 Å². The van der Waals surface area contributed by atoms with Gasteiger partial charge in [0.1, 0.15) is 5.75 Å². The zero-order chi connectivity index (χ0) is 19.9. The maximum absolute atomic E-state index is 11.7. The van der Waals surface area contributed by atoms with Crippen LogP contribution in [-0.4, -0.2) is 5.97 Å². The first kappa shape index (κ1) is 22.5. The molecule has 4 heteroatoms. The van der Waals surface area contributed by atoms with Crippen LogP contribution in [0.25, 0.3) is 0 Å². The molecular formula is C23H22CoO3-2. The van der Waals surface area contributed by atoms with Crippen LogP contribution in [0.1, 0.15) is 35.3 Å². The fourth-order valence-electron chi connectivity index (χ4n) is 2.14. The minimum absolute atomic E-state index is 0.344. The molecular weight excluding hydrogens is 383 g/mol. The van der Waals surface area contributed by atoms with Crippen molar-refractivity contribution in [2.45, 2.75) is 26.7 Å². The van der Waals surface area contributed by atoms with Gasteiger partial charge in [0.2, 0.25) is 0 Å². The third-order valence-electron chi connectivity index (χ3n) is 3.69. The van der Waals surface area contributed by atoms with Gasteiger partial charge in [0.15, 0.2) is 0 Å². The Hall–Kier alpha value is -2.56. The van der Waals surface area contributed by atoms with Crippen molar-refractivity contribution in [2.75, 3.05) is 0 Å². The molecule has 3 aromatic rings. The summed E-state index contributed by atoms with van der Waals surface area (Å²) in [6.07, 6.45) is 2.09. The van der Waals surface area contributed by atoms with Crippen molar-refractivity contribution < 1.29 is 29.1 Å². The number of hydrogen-bond acceptors (Lipinski definition) is 3. The molecule has 0 heterocycles. The van der Waals surface area contributed by atoms with Gasteiger partial charge in [0.25, 0.3) is 0 Å². The van der Waals surface area contributed by atoms with Gasteiger partial charge in [-0.3, -0.25) is 0 Å². The Morgan fingerprint density at radius 2 is 1.22 bits per heavy atom. The molecule has 0 bridgehead atoms. The topological polar surface area (TPSA) is 43.4 Å². The molecule has 0 aliphatic rings. The Morgan fingerprint density at radius 1 is 0.778 bits per heavy atom. The molecule has 0 atom stereocenters. The SMILES string of the molecule is CCc1cc[c-]cc1.CCc1ccc(OC(=O)c2cc[c-]cc2)cc1.[O]=[Co]. The van der Waals surface area contributed by atoms with Crippen LogP contribution in [0.15, 0.2) is 72.8 Å². The second-order valence-electron chi connectivity index (χ2n) is 5.44. The minimum atomic E-state index is -0.344. The van der Waals surface area contributed by atoms with Gasteiger partial charge < -0.3 is 4.74 Å². The van der Waals surface area contributed by atoms with E-state index in [0.717, 1.165) is 12.8 Å². The van der Waals surface area contributed by atoms with Crippen molar-refractivity contribution in [3.63, 3.8) is 0 Å². The predicted octanol–water partition coefficient (Wildman–Crippen LogP) is 5.20. The Morgan fingerprint density at radius 3 is 1.67 bits per heavy atom. The summed E-state index contributed by atoms with van der Waals surface area (Å²) >= 11 is 2.31. The number of rotatable bonds is 4. The van der Waals surface area contributed by atoms with Gasteiger partial charge in [-0.15, -0.1) is 0 Å². The van der Waals surface area contributed by atoms with Crippen LogP contribution in [0.2, 0.25) is 0 Å². The van der Waals surface area contributed by atoms with Crippen LogP contribution in [0, 0.1) is 12.1 Å². The first-order chi connectivity index (χ1) is 13.2. The third kappa shape index (κ3) is 8.58. The molecule has 0 saturated carbocycles. The fraction of sp³-hybridized carbons (Fsp3) is 0.174. The molecule has 0 aliphatic carbocycles. The molecule has 0 spiro atoms. The van der Waals surface area contributed by atoms with E-state index in [-0.39, 0.29) is 5.97 Å². The quantitative estimate of drug-likeness (QED) is 0.341. The van der Waals surface area contributed by atoms with Crippen molar-refractivity contribution in [3.05, 3.63) is 102 Å². The average molecular weight is 405 g/mol. The third-order valence-corrected chi connectivity index (χ3v) is 3.69. The summed E-state index contributed by atoms with van der Waals surface area (Å²) < 4.78 is 13.2. The van der Waals surface area contributed by atoms with Crippen LogP contribution in [0.4, 0.5) is 0 Å². The summed E-state index contributed by atoms with van der Waals surface area (Å²) in [5.41, 5.74) is 3.13. The van der Waals surface area contributed by atoms with Gasteiger partial charge in [0, 0.05) is 0 Å². The van der Waals surface area contributed by atoms with E-state index in [1.807, 2.05) is 36.4 Å². The Bertz CT molecular complexity index is 772. The van der Waals surface area contributed by atoms with Crippen molar-refractivity contribution in [2.24, 2.45) is 0 Å². The van der Waals surface area contributed by atoms with Gasteiger partial charge >= 0.3 is 25.5 Å². The van der Waals surface area contributed by atoms with Crippen molar-refractivity contribution in [1.29, 1.82) is 0 Å². The number of ether oxygens (including phenoxy) is 1. The molecule has 143 valence electrons. The zero-order valence-corrected chi connectivity index (χ0v) is 16.4. The molecule has 0 N–H and O–H groups in total. The van der Waals surface area contributed by atoms with E-state index in [4.69, 9.17) is 8.60 Å². The van der Waals surface area contributed by atoms with E-state index in [2.05, 4.69) is 53.8 Å². The average Bonchev–Trinajstić information content (AvgIpc) is 2.77. The summed E-state index contributed by atoms with van der Waals surface area (Å²) in [4.78, 5) is 11.7. The molecule has 0 aromatic heterocycles. The van der Waals surface area contributed by atoms with Gasteiger partial charge in [-0.05, 0) is 29.7 Å². The predicted molar refractivity (Wildman–Crippen MR) is 101 cm³/mol. The number of esters is 1. The maximum atomic E-state index is 11.7. The number of benzene rings is 3. The molecule has 0 aliphatic heterocycles. The Kier molecular flexibility index (Phi) is 11.3. The van der Waals surface area contributed by atoms with Gasteiger partial charge in [-0.1, -0.05) is 32.4 Å². The standard InChI is InChI=1S/C15H13O2.C8H9.Co.O/c1-2-12-8-10-14(11-9-12)17-15(16)13-6-4-3-5-7-13;1-2-8-6-4-3-5-7-8;;/h4-11H,2H2,1H3;4-7H,2H2,1H3;;/q2*-1;;. The van der Waals surface area contributed by atoms with Crippen LogP contribution in [-0.2, 0) is 32.4 Å². The molecule has 3 aromatic carbocycles. The van der Waals surface area contributed by atoms with E-state index in [1.165, 1.54) is 11.1 Å². The summed E-state index contributed by atoms with van der Waals surface area (Å²) in [6.45, 7) is 4.23. The van der Waals surface area contributed by atoms with Crippen molar-refractivity contribution >= 4 is 5.97 Å². The van der Waals surface area contributed by atoms with Gasteiger partial charge in [-0.25, -0.2) is 4.79 Å². The van der Waals surface area contributed by atoms with E-state index >= 15 is 0 Å². The molecule has 0 saturated heterocycles. The molecule has 3 nitrogen and oxygen atoms in total. The number of carbonyl (C=O) groups excluding carboxylic acids is 1. The van der Waals surface area contributed by atoms with Gasteiger partial charge in [0.05, 0.1) is 0 Å². The fourth-order valence-corrected chi connectivity index (χ4v) is 2.14. The Labute approximate surface area is 169 Å². The van der Waals surface area contributed by atoms with Gasteiger partial charge in [-0.2, -0.15) is 66.2 Å². The summed E-state index contributed by atoms with van der Waals surface area (Å²) in [6, 6.07) is 28.2. The first-order valence-electron chi connectivity index (χ1n) is 8.58. The molecule has 0 fully saturated rings. The van der Waals surface area contributed by atoms with Crippen LogP contribution in [0.5, 0.6) is 5.75 Å².